The average Bonchev–Trinajstić information content (AvgIpc) is 2.56. The Hall–Kier alpha value is -2.24. The molecule has 0 saturated heterocycles. The van der Waals surface area contributed by atoms with Gasteiger partial charge in [-0.2, -0.15) is 5.10 Å². The van der Waals surface area contributed by atoms with Gasteiger partial charge in [-0.1, -0.05) is 19.3 Å². The maximum atomic E-state index is 13.5. The zero-order valence-corrected chi connectivity index (χ0v) is 13.1. The van der Waals surface area contributed by atoms with E-state index in [4.69, 9.17) is 0 Å². The van der Waals surface area contributed by atoms with E-state index in [0.29, 0.717) is 12.1 Å². The molecule has 1 aliphatic carbocycles. The largest absolute Gasteiger partial charge is 0.348 e. The maximum Gasteiger partial charge on any atom is 0.276 e. The van der Waals surface area contributed by atoms with Crippen molar-refractivity contribution in [3.63, 3.8) is 0 Å². The molecule has 0 radical (unpaired) electrons. The fourth-order valence-corrected chi connectivity index (χ4v) is 3.15. The normalized spacial score (nSPS) is 15.7. The number of carbonyl (C=O) groups is 1. The number of fused-ring (bicyclic) bond motifs is 1. The third-order valence-electron chi connectivity index (χ3n) is 4.37. The number of nitrogens with zero attached hydrogens (tertiary/aromatic N) is 2. The highest BCUT2D eigenvalue weighted by atomic mass is 19.1. The van der Waals surface area contributed by atoms with Crippen molar-refractivity contribution in [3.05, 3.63) is 39.9 Å². The second-order valence-corrected chi connectivity index (χ2v) is 5.96. The predicted octanol–water partition coefficient (Wildman–Crippen LogP) is 2.62. The molecule has 0 atom stereocenters. The van der Waals surface area contributed by atoms with Gasteiger partial charge in [0.05, 0.1) is 10.9 Å². The molecule has 6 heteroatoms. The number of amides is 1. The van der Waals surface area contributed by atoms with E-state index in [1.165, 1.54) is 24.6 Å². The molecule has 1 aromatic carbocycles. The minimum absolute atomic E-state index is 0.0933. The lowest BCUT2D eigenvalue weighted by Crippen LogP contribution is -2.39. The van der Waals surface area contributed by atoms with E-state index < -0.39 is 17.2 Å². The molecule has 1 heterocycles. The first-order valence-electron chi connectivity index (χ1n) is 8.11. The standard InChI is InChI=1S/C17H20FN3O2/c1-2-21-14-9-8-11(18)10-13(14)16(22)15(20-21)17(23)19-12-6-4-3-5-7-12/h8-10,12H,2-7H2,1H3,(H,19,23). The fraction of sp³-hybridized carbons (Fsp3) is 0.471. The molecule has 1 saturated carbocycles. The zero-order valence-electron chi connectivity index (χ0n) is 13.1. The van der Waals surface area contributed by atoms with Gasteiger partial charge in [-0.15, -0.1) is 0 Å². The maximum absolute atomic E-state index is 13.5. The first-order chi connectivity index (χ1) is 11.1. The van der Waals surface area contributed by atoms with Crippen molar-refractivity contribution in [2.24, 2.45) is 0 Å². The van der Waals surface area contributed by atoms with E-state index in [9.17, 15) is 14.0 Å². The zero-order chi connectivity index (χ0) is 16.4. The van der Waals surface area contributed by atoms with Crippen molar-refractivity contribution in [3.8, 4) is 0 Å². The molecule has 23 heavy (non-hydrogen) atoms. The van der Waals surface area contributed by atoms with Gasteiger partial charge in [-0.3, -0.25) is 14.3 Å². The van der Waals surface area contributed by atoms with Gasteiger partial charge in [-0.25, -0.2) is 4.39 Å². The van der Waals surface area contributed by atoms with Crippen molar-refractivity contribution < 1.29 is 9.18 Å². The molecule has 2 aromatic rings. The quantitative estimate of drug-likeness (QED) is 0.946. The summed E-state index contributed by atoms with van der Waals surface area (Å²) < 4.78 is 15.1. The molecule has 1 amide bonds. The SMILES string of the molecule is CCn1nc(C(=O)NC2CCCCC2)c(=O)c2cc(F)ccc21. The lowest BCUT2D eigenvalue weighted by atomic mass is 9.95. The topological polar surface area (TPSA) is 64.0 Å². The molecule has 1 aliphatic rings. The highest BCUT2D eigenvalue weighted by Gasteiger charge is 2.21. The third-order valence-corrected chi connectivity index (χ3v) is 4.37. The van der Waals surface area contributed by atoms with Crippen LogP contribution >= 0.6 is 0 Å². The molecule has 1 aromatic heterocycles. The van der Waals surface area contributed by atoms with Crippen LogP contribution in [0.4, 0.5) is 4.39 Å². The Labute approximate surface area is 133 Å². The Morgan fingerprint density at radius 1 is 1.35 bits per heavy atom. The highest BCUT2D eigenvalue weighted by Crippen LogP contribution is 2.18. The van der Waals surface area contributed by atoms with Gasteiger partial charge in [-0.05, 0) is 38.0 Å². The summed E-state index contributed by atoms with van der Waals surface area (Å²) in [6.45, 7) is 2.36. The summed E-state index contributed by atoms with van der Waals surface area (Å²) in [6.07, 6.45) is 5.20. The fourth-order valence-electron chi connectivity index (χ4n) is 3.15. The lowest BCUT2D eigenvalue weighted by Gasteiger charge is -2.22. The van der Waals surface area contributed by atoms with Crippen LogP contribution in [0.15, 0.2) is 23.0 Å². The number of hydrogen-bond acceptors (Lipinski definition) is 3. The number of benzene rings is 1. The van der Waals surface area contributed by atoms with Crippen molar-refractivity contribution in [2.45, 2.75) is 51.6 Å². The summed E-state index contributed by atoms with van der Waals surface area (Å²) in [6, 6.07) is 4.07. The minimum Gasteiger partial charge on any atom is -0.348 e. The highest BCUT2D eigenvalue weighted by molar-refractivity contribution is 5.95. The summed E-state index contributed by atoms with van der Waals surface area (Å²) >= 11 is 0. The Morgan fingerprint density at radius 3 is 2.78 bits per heavy atom. The van der Waals surface area contributed by atoms with Gasteiger partial charge in [0.15, 0.2) is 5.69 Å². The molecule has 0 aliphatic heterocycles. The molecular weight excluding hydrogens is 297 g/mol. The number of halogens is 1. The predicted molar refractivity (Wildman–Crippen MR) is 86.0 cm³/mol. The number of hydrogen-bond donors (Lipinski definition) is 1. The van der Waals surface area contributed by atoms with E-state index in [1.54, 1.807) is 4.68 Å². The van der Waals surface area contributed by atoms with Crippen LogP contribution in [0.25, 0.3) is 10.9 Å². The van der Waals surface area contributed by atoms with Crippen LogP contribution in [0.2, 0.25) is 0 Å². The van der Waals surface area contributed by atoms with Crippen LogP contribution in [-0.4, -0.2) is 21.7 Å². The smallest absolute Gasteiger partial charge is 0.276 e. The van der Waals surface area contributed by atoms with Gasteiger partial charge < -0.3 is 5.32 Å². The van der Waals surface area contributed by atoms with Gasteiger partial charge >= 0.3 is 0 Å². The minimum atomic E-state index is -0.516. The van der Waals surface area contributed by atoms with E-state index in [2.05, 4.69) is 10.4 Å². The van der Waals surface area contributed by atoms with Crippen molar-refractivity contribution in [1.82, 2.24) is 15.1 Å². The van der Waals surface area contributed by atoms with Crippen molar-refractivity contribution in [2.75, 3.05) is 0 Å². The van der Waals surface area contributed by atoms with E-state index in [-0.39, 0.29) is 17.1 Å². The Bertz CT molecular complexity index is 794. The summed E-state index contributed by atoms with van der Waals surface area (Å²) in [4.78, 5) is 25.0. The number of aryl methyl sites for hydroxylation is 1. The second kappa shape index (κ2) is 6.48. The van der Waals surface area contributed by atoms with E-state index in [1.807, 2.05) is 6.92 Å². The third kappa shape index (κ3) is 3.11. The summed E-state index contributed by atoms with van der Waals surface area (Å²) in [5, 5.41) is 7.27. The number of rotatable bonds is 3. The van der Waals surface area contributed by atoms with Gasteiger partial charge in [0, 0.05) is 12.6 Å². The first-order valence-corrected chi connectivity index (χ1v) is 8.11. The van der Waals surface area contributed by atoms with Gasteiger partial charge in [0.1, 0.15) is 5.82 Å². The second-order valence-electron chi connectivity index (χ2n) is 5.96. The van der Waals surface area contributed by atoms with Crippen LogP contribution in [0.1, 0.15) is 49.5 Å². The van der Waals surface area contributed by atoms with Crippen LogP contribution < -0.4 is 10.7 Å². The van der Waals surface area contributed by atoms with E-state index >= 15 is 0 Å². The molecule has 0 bridgehead atoms. The molecular formula is C17H20FN3O2. The van der Waals surface area contributed by atoms with Crippen LogP contribution in [-0.2, 0) is 6.54 Å². The monoisotopic (exact) mass is 317 g/mol. The summed E-state index contributed by atoms with van der Waals surface area (Å²) in [5.41, 5.74) is -0.138. The van der Waals surface area contributed by atoms with Crippen molar-refractivity contribution >= 4 is 16.8 Å². The van der Waals surface area contributed by atoms with Crippen LogP contribution in [0, 0.1) is 5.82 Å². The van der Waals surface area contributed by atoms with Crippen LogP contribution in [0.5, 0.6) is 0 Å². The Balaban J connectivity index is 2.01. The first kappa shape index (κ1) is 15.6. The van der Waals surface area contributed by atoms with E-state index in [0.717, 1.165) is 25.7 Å². The summed E-state index contributed by atoms with van der Waals surface area (Å²) in [7, 11) is 0. The molecule has 3 rings (SSSR count). The van der Waals surface area contributed by atoms with Gasteiger partial charge in [0.2, 0.25) is 5.43 Å². The molecule has 0 unspecified atom stereocenters. The molecule has 122 valence electrons. The lowest BCUT2D eigenvalue weighted by molar-refractivity contribution is 0.0919. The molecule has 5 nitrogen and oxygen atoms in total. The molecule has 0 spiro atoms. The number of nitrogens with one attached hydrogen (secondary N) is 1. The van der Waals surface area contributed by atoms with Crippen LogP contribution in [0.3, 0.4) is 0 Å². The molecule has 1 fully saturated rings. The average molecular weight is 317 g/mol. The summed E-state index contributed by atoms with van der Waals surface area (Å²) in [5.74, 6) is -0.961. The number of aromatic nitrogens is 2. The molecule has 1 N–H and O–H groups in total. The Morgan fingerprint density at radius 2 is 2.09 bits per heavy atom. The van der Waals surface area contributed by atoms with Crippen molar-refractivity contribution in [1.29, 1.82) is 0 Å². The number of carbonyl (C=O) groups excluding carboxylic acids is 1. The Kier molecular flexibility index (Phi) is 4.41. The van der Waals surface area contributed by atoms with Gasteiger partial charge in [0.25, 0.3) is 5.91 Å².